The van der Waals surface area contributed by atoms with Crippen molar-refractivity contribution >= 4 is 33.7 Å². The number of benzene rings is 3. The fourth-order valence-electron chi connectivity index (χ4n) is 3.09. The first-order valence-corrected chi connectivity index (χ1v) is 12.1. The Morgan fingerprint density at radius 2 is 1.80 bits per heavy atom. The fourth-order valence-corrected chi connectivity index (χ4v) is 4.59. The quantitative estimate of drug-likeness (QED) is 0.324. The minimum Gasteiger partial charge on any atom is -0.497 e. The lowest BCUT2D eigenvalue weighted by atomic mass is 10.2. The van der Waals surface area contributed by atoms with Crippen molar-refractivity contribution < 1.29 is 27.1 Å². The molecule has 3 rings (SSSR count). The van der Waals surface area contributed by atoms with Crippen LogP contribution in [0.3, 0.4) is 0 Å². The lowest BCUT2D eigenvalue weighted by Gasteiger charge is -2.21. The summed E-state index contributed by atoms with van der Waals surface area (Å²) in [4.78, 5) is 12.5. The van der Waals surface area contributed by atoms with Crippen LogP contribution in [-0.2, 0) is 21.4 Å². The molecule has 0 heterocycles. The van der Waals surface area contributed by atoms with Gasteiger partial charge < -0.3 is 9.47 Å². The van der Waals surface area contributed by atoms with E-state index in [0.29, 0.717) is 22.1 Å². The van der Waals surface area contributed by atoms with Gasteiger partial charge in [0.05, 0.1) is 31.9 Å². The van der Waals surface area contributed by atoms with Gasteiger partial charge >= 0.3 is 0 Å². The maximum Gasteiger partial charge on any atom is 0.255 e. The van der Waals surface area contributed by atoms with E-state index < -0.39 is 28.3 Å². The average Bonchev–Trinajstić information content (AvgIpc) is 2.85. The van der Waals surface area contributed by atoms with Gasteiger partial charge in [-0.15, -0.1) is 0 Å². The number of ether oxygens (including phenoxy) is 2. The van der Waals surface area contributed by atoms with Crippen molar-refractivity contribution in [3.05, 3.63) is 88.7 Å². The zero-order chi connectivity index (χ0) is 25.4. The van der Waals surface area contributed by atoms with Gasteiger partial charge in [-0.05, 0) is 42.5 Å². The summed E-state index contributed by atoms with van der Waals surface area (Å²) >= 11 is 5.87. The van der Waals surface area contributed by atoms with Crippen LogP contribution in [0.2, 0.25) is 5.02 Å². The van der Waals surface area contributed by atoms with E-state index in [-0.39, 0.29) is 17.0 Å². The molecule has 8 nitrogen and oxygen atoms in total. The van der Waals surface area contributed by atoms with E-state index in [4.69, 9.17) is 21.1 Å². The first kappa shape index (κ1) is 26.1. The summed E-state index contributed by atoms with van der Waals surface area (Å²) in [6.45, 7) is -0.961. The molecule has 1 amide bonds. The SMILES string of the molecule is COc1ccc(/C=N\NC(=O)CN(Cc2ccccc2F)S(=O)(=O)c2ccc(Cl)cc2)c(OC)c1. The molecule has 184 valence electrons. The van der Waals surface area contributed by atoms with Crippen LogP contribution in [-0.4, -0.2) is 45.6 Å². The number of carbonyl (C=O) groups excluding carboxylic acids is 1. The maximum absolute atomic E-state index is 14.3. The highest BCUT2D eigenvalue weighted by molar-refractivity contribution is 7.89. The zero-order valence-electron chi connectivity index (χ0n) is 18.9. The van der Waals surface area contributed by atoms with E-state index in [9.17, 15) is 17.6 Å². The number of hydrazone groups is 1. The van der Waals surface area contributed by atoms with Gasteiger partial charge in [0.2, 0.25) is 10.0 Å². The number of halogens is 2. The molecule has 3 aromatic rings. The number of rotatable bonds is 10. The van der Waals surface area contributed by atoms with Crippen LogP contribution in [0, 0.1) is 5.82 Å². The minimum atomic E-state index is -4.16. The Bertz CT molecular complexity index is 1320. The molecule has 35 heavy (non-hydrogen) atoms. The van der Waals surface area contributed by atoms with Crippen LogP contribution in [0.1, 0.15) is 11.1 Å². The molecule has 0 aliphatic rings. The van der Waals surface area contributed by atoms with Gasteiger partial charge in [0.25, 0.3) is 5.91 Å². The molecule has 3 aromatic carbocycles. The van der Waals surface area contributed by atoms with Gasteiger partial charge in [0.15, 0.2) is 0 Å². The molecular weight excluding hydrogens is 497 g/mol. The summed E-state index contributed by atoms with van der Waals surface area (Å²) in [6, 6.07) is 16.2. The van der Waals surface area contributed by atoms with Crippen LogP contribution in [0.4, 0.5) is 4.39 Å². The highest BCUT2D eigenvalue weighted by atomic mass is 35.5. The minimum absolute atomic E-state index is 0.0856. The summed E-state index contributed by atoms with van der Waals surface area (Å²) in [7, 11) is -1.16. The van der Waals surface area contributed by atoms with Crippen molar-refractivity contribution in [2.24, 2.45) is 5.10 Å². The third-order valence-electron chi connectivity index (χ3n) is 4.91. The number of hydrogen-bond donors (Lipinski definition) is 1. The molecule has 0 radical (unpaired) electrons. The van der Waals surface area contributed by atoms with Gasteiger partial charge in [-0.2, -0.15) is 9.41 Å². The predicted molar refractivity (Wildman–Crippen MR) is 131 cm³/mol. The molecule has 1 N–H and O–H groups in total. The Hall–Kier alpha value is -3.47. The number of methoxy groups -OCH3 is 2. The number of amides is 1. The van der Waals surface area contributed by atoms with Gasteiger partial charge in [-0.25, -0.2) is 18.2 Å². The number of carbonyl (C=O) groups is 1. The second-order valence-corrected chi connectivity index (χ2v) is 9.59. The molecule has 0 saturated heterocycles. The van der Waals surface area contributed by atoms with Crippen molar-refractivity contribution in [1.82, 2.24) is 9.73 Å². The van der Waals surface area contributed by atoms with E-state index in [1.54, 1.807) is 24.3 Å². The normalized spacial score (nSPS) is 11.6. The van der Waals surface area contributed by atoms with Crippen molar-refractivity contribution in [2.45, 2.75) is 11.4 Å². The Morgan fingerprint density at radius 1 is 1.09 bits per heavy atom. The van der Waals surface area contributed by atoms with E-state index in [1.165, 1.54) is 62.9 Å². The van der Waals surface area contributed by atoms with Crippen LogP contribution < -0.4 is 14.9 Å². The van der Waals surface area contributed by atoms with Crippen LogP contribution >= 0.6 is 11.6 Å². The number of sulfonamides is 1. The molecule has 0 atom stereocenters. The van der Waals surface area contributed by atoms with Crippen molar-refractivity contribution in [3.63, 3.8) is 0 Å². The van der Waals surface area contributed by atoms with E-state index >= 15 is 0 Å². The van der Waals surface area contributed by atoms with Crippen molar-refractivity contribution in [2.75, 3.05) is 20.8 Å². The highest BCUT2D eigenvalue weighted by Crippen LogP contribution is 2.23. The monoisotopic (exact) mass is 519 g/mol. The lowest BCUT2D eigenvalue weighted by molar-refractivity contribution is -0.121. The molecule has 11 heteroatoms. The van der Waals surface area contributed by atoms with Gasteiger partial charge in [-0.1, -0.05) is 29.8 Å². The van der Waals surface area contributed by atoms with Gasteiger partial charge in [0, 0.05) is 28.8 Å². The molecule has 0 unspecified atom stereocenters. The molecule has 0 saturated carbocycles. The van der Waals surface area contributed by atoms with E-state index in [1.807, 2.05) is 0 Å². The Balaban J connectivity index is 1.80. The zero-order valence-corrected chi connectivity index (χ0v) is 20.5. The van der Waals surface area contributed by atoms with E-state index in [2.05, 4.69) is 10.5 Å². The molecule has 0 fully saturated rings. The van der Waals surface area contributed by atoms with E-state index in [0.717, 1.165) is 4.31 Å². The van der Waals surface area contributed by atoms with Crippen molar-refractivity contribution in [3.8, 4) is 11.5 Å². The second-order valence-electron chi connectivity index (χ2n) is 7.22. The fraction of sp³-hybridized carbons (Fsp3) is 0.167. The third-order valence-corrected chi connectivity index (χ3v) is 6.97. The molecule has 0 aromatic heterocycles. The molecule has 0 aliphatic carbocycles. The van der Waals surface area contributed by atoms with Gasteiger partial charge in [0.1, 0.15) is 17.3 Å². The first-order valence-electron chi connectivity index (χ1n) is 10.3. The number of hydrogen-bond acceptors (Lipinski definition) is 6. The van der Waals surface area contributed by atoms with Gasteiger partial charge in [-0.3, -0.25) is 4.79 Å². The largest absolute Gasteiger partial charge is 0.497 e. The molecule has 0 aliphatic heterocycles. The average molecular weight is 520 g/mol. The summed E-state index contributed by atoms with van der Waals surface area (Å²) in [5.74, 6) is -0.260. The number of nitrogens with zero attached hydrogens (tertiary/aromatic N) is 2. The number of nitrogens with one attached hydrogen (secondary N) is 1. The third kappa shape index (κ3) is 6.78. The summed E-state index contributed by atoms with van der Waals surface area (Å²) in [5, 5.41) is 4.24. The predicted octanol–water partition coefficient (Wildman–Crippen LogP) is 3.84. The standard InChI is InChI=1S/C24H23ClFN3O5S/c1-33-20-10-7-17(23(13-20)34-2)14-27-28-24(30)16-29(15-18-5-3-4-6-22(18)26)35(31,32)21-11-8-19(25)9-12-21/h3-14H,15-16H2,1-2H3,(H,28,30)/b27-14-. The maximum atomic E-state index is 14.3. The van der Waals surface area contributed by atoms with Crippen LogP contribution in [0.25, 0.3) is 0 Å². The highest BCUT2D eigenvalue weighted by Gasteiger charge is 2.27. The Labute approximate surface area is 208 Å². The summed E-state index contributed by atoms with van der Waals surface area (Å²) in [6.07, 6.45) is 1.35. The molecule has 0 spiro atoms. The Morgan fingerprint density at radius 3 is 2.46 bits per heavy atom. The lowest BCUT2D eigenvalue weighted by Crippen LogP contribution is -2.39. The van der Waals surface area contributed by atoms with Crippen LogP contribution in [0.5, 0.6) is 11.5 Å². The van der Waals surface area contributed by atoms with Crippen molar-refractivity contribution in [1.29, 1.82) is 0 Å². The summed E-state index contributed by atoms with van der Waals surface area (Å²) < 4.78 is 52.0. The first-order chi connectivity index (χ1) is 16.7. The molecular formula is C24H23ClFN3O5S. The summed E-state index contributed by atoms with van der Waals surface area (Å²) in [5.41, 5.74) is 2.97. The molecule has 0 bridgehead atoms. The smallest absolute Gasteiger partial charge is 0.255 e. The van der Waals surface area contributed by atoms with Crippen LogP contribution in [0.15, 0.2) is 76.7 Å². The Kier molecular flexibility index (Phi) is 8.80. The second kappa shape index (κ2) is 11.8. The topological polar surface area (TPSA) is 97.3 Å².